The van der Waals surface area contributed by atoms with E-state index in [0.717, 1.165) is 41.5 Å². The zero-order valence-corrected chi connectivity index (χ0v) is 18.4. The molecule has 0 aromatic heterocycles. The van der Waals surface area contributed by atoms with Crippen LogP contribution in [-0.4, -0.2) is 62.5 Å². The zero-order valence-electron chi connectivity index (χ0n) is 18.4. The first kappa shape index (κ1) is 23.2. The number of fused-ring (bicyclic) bond motifs is 3. The highest BCUT2D eigenvalue weighted by atomic mass is 16.7. The quantitative estimate of drug-likeness (QED) is 0.528. The van der Waals surface area contributed by atoms with Crippen molar-refractivity contribution in [3.8, 4) is 11.1 Å². The molecule has 8 nitrogen and oxygen atoms in total. The molecular weight excluding hydrogens is 426 g/mol. The number of carbonyl (C=O) groups is 2. The second-order valence-corrected chi connectivity index (χ2v) is 8.10. The topological polar surface area (TPSA) is 103 Å². The van der Waals surface area contributed by atoms with Crippen molar-refractivity contribution in [1.82, 2.24) is 5.32 Å². The molecule has 8 heteroatoms. The molecule has 2 N–H and O–H groups in total. The first-order valence-electron chi connectivity index (χ1n) is 11.3. The van der Waals surface area contributed by atoms with Gasteiger partial charge in [-0.3, -0.25) is 0 Å². The highest BCUT2D eigenvalue weighted by Gasteiger charge is 2.29. The lowest BCUT2D eigenvalue weighted by molar-refractivity contribution is -0.169. The van der Waals surface area contributed by atoms with Crippen LogP contribution in [0.25, 0.3) is 11.1 Å². The number of carboxylic acid groups (broad SMARTS) is 1. The van der Waals surface area contributed by atoms with Gasteiger partial charge < -0.3 is 29.4 Å². The van der Waals surface area contributed by atoms with E-state index in [9.17, 15) is 14.7 Å². The number of hydrogen-bond donors (Lipinski definition) is 2. The van der Waals surface area contributed by atoms with Gasteiger partial charge in [0.05, 0.1) is 19.8 Å². The second-order valence-electron chi connectivity index (χ2n) is 8.10. The van der Waals surface area contributed by atoms with E-state index in [-0.39, 0.29) is 32.0 Å². The Balaban J connectivity index is 1.23. The van der Waals surface area contributed by atoms with Crippen LogP contribution in [0.3, 0.4) is 0 Å². The molecule has 1 amide bonds. The number of alkyl carbamates (subject to hydrolysis) is 1. The van der Waals surface area contributed by atoms with Gasteiger partial charge in [0.25, 0.3) is 0 Å². The Morgan fingerprint density at radius 3 is 2.36 bits per heavy atom. The standard InChI is InChI=1S/C25H29NO7/c27-24(28)22(16-30-13-14-32-23-11-5-6-12-31-23)26-25(29)33-15-21-19-9-3-1-7-17(19)18-8-2-4-10-20(18)21/h1-4,7-10,21-23H,5-6,11-16H2,(H,26,29)(H,27,28)/t22-,23?/m0/s1. The van der Waals surface area contributed by atoms with Gasteiger partial charge in [0, 0.05) is 12.5 Å². The predicted molar refractivity (Wildman–Crippen MR) is 120 cm³/mol. The van der Waals surface area contributed by atoms with Gasteiger partial charge >= 0.3 is 12.1 Å². The van der Waals surface area contributed by atoms with Crippen LogP contribution >= 0.6 is 0 Å². The Bertz CT molecular complexity index is 912. The van der Waals surface area contributed by atoms with E-state index in [0.29, 0.717) is 13.2 Å². The highest BCUT2D eigenvalue weighted by molar-refractivity contribution is 5.81. The lowest BCUT2D eigenvalue weighted by atomic mass is 9.98. The maximum absolute atomic E-state index is 12.3. The van der Waals surface area contributed by atoms with Crippen molar-refractivity contribution in [2.75, 3.05) is 33.0 Å². The highest BCUT2D eigenvalue weighted by Crippen LogP contribution is 2.44. The second kappa shape index (κ2) is 11.3. The maximum Gasteiger partial charge on any atom is 0.407 e. The first-order chi connectivity index (χ1) is 16.1. The van der Waals surface area contributed by atoms with Crippen molar-refractivity contribution in [1.29, 1.82) is 0 Å². The van der Waals surface area contributed by atoms with Gasteiger partial charge in [-0.2, -0.15) is 0 Å². The number of nitrogens with one attached hydrogen (secondary N) is 1. The number of carbonyl (C=O) groups excluding carboxylic acids is 1. The lowest BCUT2D eigenvalue weighted by Crippen LogP contribution is -2.44. The summed E-state index contributed by atoms with van der Waals surface area (Å²) in [4.78, 5) is 23.9. The summed E-state index contributed by atoms with van der Waals surface area (Å²) >= 11 is 0. The molecular formula is C25H29NO7. The molecule has 1 aliphatic heterocycles. The number of ether oxygens (including phenoxy) is 4. The molecule has 0 spiro atoms. The van der Waals surface area contributed by atoms with Gasteiger partial charge in [0.1, 0.15) is 6.61 Å². The largest absolute Gasteiger partial charge is 0.480 e. The molecule has 2 aromatic rings. The molecule has 2 aromatic carbocycles. The Labute approximate surface area is 192 Å². The molecule has 1 fully saturated rings. The van der Waals surface area contributed by atoms with Gasteiger partial charge in [-0.25, -0.2) is 9.59 Å². The minimum absolute atomic E-state index is 0.0955. The Morgan fingerprint density at radius 1 is 1.03 bits per heavy atom. The average Bonchev–Trinajstić information content (AvgIpc) is 3.16. The van der Waals surface area contributed by atoms with E-state index in [1.807, 2.05) is 36.4 Å². The van der Waals surface area contributed by atoms with E-state index in [1.54, 1.807) is 0 Å². The van der Waals surface area contributed by atoms with Crippen LogP contribution in [-0.2, 0) is 23.7 Å². The minimum atomic E-state index is -1.22. The summed E-state index contributed by atoms with van der Waals surface area (Å²) in [6, 6.07) is 14.8. The van der Waals surface area contributed by atoms with E-state index in [1.165, 1.54) is 0 Å². The summed E-state index contributed by atoms with van der Waals surface area (Å²) in [6.45, 7) is 1.12. The molecule has 176 valence electrons. The predicted octanol–water partition coefficient (Wildman–Crippen LogP) is 3.54. The third-order valence-corrected chi connectivity index (χ3v) is 5.89. The van der Waals surface area contributed by atoms with Crippen LogP contribution in [0, 0.1) is 0 Å². The van der Waals surface area contributed by atoms with Crippen LogP contribution in [0.2, 0.25) is 0 Å². The molecule has 2 aliphatic rings. The number of rotatable bonds is 10. The summed E-state index contributed by atoms with van der Waals surface area (Å²) in [5.74, 6) is -1.29. The third kappa shape index (κ3) is 5.90. The van der Waals surface area contributed by atoms with Crippen molar-refractivity contribution in [2.24, 2.45) is 0 Å². The van der Waals surface area contributed by atoms with Crippen molar-refractivity contribution < 1.29 is 33.6 Å². The molecule has 1 heterocycles. The van der Waals surface area contributed by atoms with Crippen molar-refractivity contribution >= 4 is 12.1 Å². The molecule has 4 rings (SSSR count). The third-order valence-electron chi connectivity index (χ3n) is 5.89. The first-order valence-corrected chi connectivity index (χ1v) is 11.3. The number of aliphatic carboxylic acids is 1. The molecule has 1 unspecified atom stereocenters. The van der Waals surface area contributed by atoms with Crippen molar-refractivity contribution in [3.63, 3.8) is 0 Å². The van der Waals surface area contributed by atoms with Gasteiger partial charge in [0.15, 0.2) is 12.3 Å². The molecule has 33 heavy (non-hydrogen) atoms. The van der Waals surface area contributed by atoms with Crippen LogP contribution in [0.5, 0.6) is 0 Å². The number of benzene rings is 2. The smallest absolute Gasteiger partial charge is 0.407 e. The van der Waals surface area contributed by atoms with Crippen LogP contribution in [0.1, 0.15) is 36.3 Å². The fourth-order valence-corrected chi connectivity index (χ4v) is 4.24. The monoisotopic (exact) mass is 455 g/mol. The van der Waals surface area contributed by atoms with E-state index in [4.69, 9.17) is 18.9 Å². The van der Waals surface area contributed by atoms with E-state index >= 15 is 0 Å². The Hall–Kier alpha value is -2.94. The molecule has 0 saturated carbocycles. The molecule has 0 bridgehead atoms. The van der Waals surface area contributed by atoms with Crippen molar-refractivity contribution in [3.05, 3.63) is 59.7 Å². The summed E-state index contributed by atoms with van der Waals surface area (Å²) in [6.07, 6.45) is 1.94. The Kier molecular flexibility index (Phi) is 7.93. The van der Waals surface area contributed by atoms with Gasteiger partial charge in [-0.05, 0) is 41.5 Å². The number of hydrogen-bond acceptors (Lipinski definition) is 6. The van der Waals surface area contributed by atoms with Crippen LogP contribution < -0.4 is 5.32 Å². The van der Waals surface area contributed by atoms with E-state index in [2.05, 4.69) is 17.4 Å². The number of carboxylic acids is 1. The molecule has 2 atom stereocenters. The normalized spacial score (nSPS) is 18.2. The maximum atomic E-state index is 12.3. The van der Waals surface area contributed by atoms with Crippen LogP contribution in [0.4, 0.5) is 4.79 Å². The Morgan fingerprint density at radius 2 is 1.73 bits per heavy atom. The number of amides is 1. The molecule has 1 aliphatic carbocycles. The van der Waals surface area contributed by atoms with Crippen LogP contribution in [0.15, 0.2) is 48.5 Å². The van der Waals surface area contributed by atoms with Crippen molar-refractivity contribution in [2.45, 2.75) is 37.5 Å². The zero-order chi connectivity index (χ0) is 23.0. The van der Waals surface area contributed by atoms with E-state index < -0.39 is 18.1 Å². The fourth-order valence-electron chi connectivity index (χ4n) is 4.24. The SMILES string of the molecule is O=C(N[C@@H](COCCOC1CCCCO1)C(=O)O)OCC1c2ccccc2-c2ccccc21. The molecule has 1 saturated heterocycles. The summed E-state index contributed by atoms with van der Waals surface area (Å²) < 4.78 is 21.8. The fraction of sp³-hybridized carbons (Fsp3) is 0.440. The van der Waals surface area contributed by atoms with Gasteiger partial charge in [0.2, 0.25) is 0 Å². The summed E-state index contributed by atoms with van der Waals surface area (Å²) in [5.41, 5.74) is 4.43. The average molecular weight is 456 g/mol. The summed E-state index contributed by atoms with van der Waals surface area (Å²) in [7, 11) is 0. The summed E-state index contributed by atoms with van der Waals surface area (Å²) in [5, 5.41) is 11.8. The van der Waals surface area contributed by atoms with Gasteiger partial charge in [-0.15, -0.1) is 0 Å². The minimum Gasteiger partial charge on any atom is -0.480 e. The molecule has 0 radical (unpaired) electrons. The van der Waals surface area contributed by atoms with Gasteiger partial charge in [-0.1, -0.05) is 48.5 Å². The lowest BCUT2D eigenvalue weighted by Gasteiger charge is -2.22.